The Bertz CT molecular complexity index is 344. The number of carboxylic acids is 1. The summed E-state index contributed by atoms with van der Waals surface area (Å²) in [5, 5.41) is 12.3. The zero-order valence-corrected chi connectivity index (χ0v) is 12.4. The predicted molar refractivity (Wildman–Crippen MR) is 74.0 cm³/mol. The largest absolute Gasteiger partial charge is 0.481 e. The van der Waals surface area contributed by atoms with Gasteiger partial charge in [-0.15, -0.1) is 0 Å². The molecule has 0 bridgehead atoms. The van der Waals surface area contributed by atoms with Gasteiger partial charge in [-0.25, -0.2) is 4.79 Å². The molecule has 19 heavy (non-hydrogen) atoms. The van der Waals surface area contributed by atoms with E-state index >= 15 is 0 Å². The normalized spacial score (nSPS) is 24.6. The molecule has 0 aliphatic carbocycles. The van der Waals surface area contributed by atoms with E-state index in [0.29, 0.717) is 31.8 Å². The molecule has 0 aromatic rings. The van der Waals surface area contributed by atoms with Crippen LogP contribution in [0.25, 0.3) is 0 Å². The fourth-order valence-corrected chi connectivity index (χ4v) is 2.65. The second-order valence-corrected chi connectivity index (χ2v) is 5.82. The number of carboxylic acid groups (broad SMARTS) is 1. The van der Waals surface area contributed by atoms with Crippen LogP contribution in [0.4, 0.5) is 4.79 Å². The first-order valence-electron chi connectivity index (χ1n) is 7.15. The molecule has 1 saturated heterocycles. The van der Waals surface area contributed by atoms with E-state index in [-0.39, 0.29) is 12.1 Å². The van der Waals surface area contributed by atoms with Gasteiger partial charge in [0.25, 0.3) is 0 Å². The van der Waals surface area contributed by atoms with Crippen LogP contribution in [0.15, 0.2) is 0 Å². The number of nitrogens with one attached hydrogen (secondary N) is 1. The number of carbonyl (C=O) groups is 2. The minimum Gasteiger partial charge on any atom is -0.481 e. The van der Waals surface area contributed by atoms with E-state index in [2.05, 4.69) is 19.2 Å². The number of urea groups is 1. The molecule has 110 valence electrons. The number of likely N-dealkylation sites (tertiary alicyclic amines) is 1. The first-order valence-corrected chi connectivity index (χ1v) is 7.15. The van der Waals surface area contributed by atoms with Crippen molar-refractivity contribution in [3.05, 3.63) is 0 Å². The third kappa shape index (κ3) is 3.39. The quantitative estimate of drug-likeness (QED) is 0.805. The van der Waals surface area contributed by atoms with Crippen LogP contribution in [-0.2, 0) is 4.79 Å². The van der Waals surface area contributed by atoms with Gasteiger partial charge >= 0.3 is 12.0 Å². The monoisotopic (exact) mass is 270 g/mol. The summed E-state index contributed by atoms with van der Waals surface area (Å²) in [4.78, 5) is 25.2. The molecule has 2 amide bonds. The van der Waals surface area contributed by atoms with Crippen LogP contribution < -0.4 is 5.32 Å². The number of nitrogens with zero attached hydrogens (tertiary/aromatic N) is 1. The zero-order chi connectivity index (χ0) is 14.6. The maximum atomic E-state index is 12.2. The molecule has 2 unspecified atom stereocenters. The lowest BCUT2D eigenvalue weighted by Gasteiger charge is -2.26. The van der Waals surface area contributed by atoms with E-state index in [1.807, 2.05) is 13.8 Å². The van der Waals surface area contributed by atoms with Crippen molar-refractivity contribution < 1.29 is 14.7 Å². The molecular weight excluding hydrogens is 244 g/mol. The molecule has 1 rings (SSSR count). The average Bonchev–Trinajstić information content (AvgIpc) is 2.81. The first kappa shape index (κ1) is 15.8. The fraction of sp³-hybridized carbons (Fsp3) is 0.857. The van der Waals surface area contributed by atoms with Gasteiger partial charge in [0.1, 0.15) is 0 Å². The van der Waals surface area contributed by atoms with Crippen molar-refractivity contribution in [1.82, 2.24) is 10.2 Å². The maximum absolute atomic E-state index is 12.2. The molecule has 0 aromatic heterocycles. The van der Waals surface area contributed by atoms with E-state index in [1.54, 1.807) is 4.90 Å². The SMILES string of the molecule is CCC(NC(=O)N1CCC(CC)(C(=O)O)C1)C(C)C. The Balaban J connectivity index is 2.64. The number of amides is 2. The van der Waals surface area contributed by atoms with Crippen LogP contribution in [0.1, 0.15) is 47.0 Å². The number of hydrogen-bond acceptors (Lipinski definition) is 2. The molecule has 1 aliphatic heterocycles. The average molecular weight is 270 g/mol. The maximum Gasteiger partial charge on any atom is 0.317 e. The van der Waals surface area contributed by atoms with Gasteiger partial charge in [0.15, 0.2) is 0 Å². The van der Waals surface area contributed by atoms with Crippen LogP contribution in [0.2, 0.25) is 0 Å². The van der Waals surface area contributed by atoms with Crippen molar-refractivity contribution in [3.8, 4) is 0 Å². The molecule has 0 saturated carbocycles. The molecular formula is C14H26N2O3. The van der Waals surface area contributed by atoms with Gasteiger partial charge in [-0.1, -0.05) is 27.7 Å². The topological polar surface area (TPSA) is 69.6 Å². The summed E-state index contributed by atoms with van der Waals surface area (Å²) in [7, 11) is 0. The number of rotatable bonds is 5. The Kier molecular flexibility index (Phi) is 5.20. The molecule has 1 fully saturated rings. The standard InChI is InChI=1S/C14H26N2O3/c1-5-11(10(3)4)15-13(19)16-8-7-14(6-2,9-16)12(17)18/h10-11H,5-9H2,1-4H3,(H,15,19)(H,17,18). The third-order valence-corrected chi connectivity index (χ3v) is 4.32. The zero-order valence-electron chi connectivity index (χ0n) is 12.4. The van der Waals surface area contributed by atoms with Gasteiger partial charge in [-0.05, 0) is 25.2 Å². The van der Waals surface area contributed by atoms with Crippen LogP contribution in [0, 0.1) is 11.3 Å². The summed E-state index contributed by atoms with van der Waals surface area (Å²) in [5.74, 6) is -0.409. The highest BCUT2D eigenvalue weighted by atomic mass is 16.4. The van der Waals surface area contributed by atoms with E-state index < -0.39 is 11.4 Å². The van der Waals surface area contributed by atoms with Crippen molar-refractivity contribution in [2.24, 2.45) is 11.3 Å². The number of aliphatic carboxylic acids is 1. The molecule has 5 heteroatoms. The van der Waals surface area contributed by atoms with Gasteiger partial charge in [-0.3, -0.25) is 4.79 Å². The summed E-state index contributed by atoms with van der Waals surface area (Å²) in [6, 6.07) is 0.0195. The van der Waals surface area contributed by atoms with E-state index in [0.717, 1.165) is 6.42 Å². The number of hydrogen-bond donors (Lipinski definition) is 2. The summed E-state index contributed by atoms with van der Waals surface area (Å²) in [5.41, 5.74) is -0.753. The van der Waals surface area contributed by atoms with Crippen molar-refractivity contribution >= 4 is 12.0 Å². The summed E-state index contributed by atoms with van der Waals surface area (Å²) in [6.45, 7) is 8.92. The Morgan fingerprint density at radius 3 is 2.37 bits per heavy atom. The van der Waals surface area contributed by atoms with Crippen LogP contribution in [0.3, 0.4) is 0 Å². The Morgan fingerprint density at radius 2 is 2.00 bits per heavy atom. The van der Waals surface area contributed by atoms with Crippen molar-refractivity contribution in [1.29, 1.82) is 0 Å². The summed E-state index contributed by atoms with van der Waals surface area (Å²) >= 11 is 0. The molecule has 0 aromatic carbocycles. The molecule has 1 heterocycles. The Morgan fingerprint density at radius 1 is 1.37 bits per heavy atom. The van der Waals surface area contributed by atoms with Crippen molar-refractivity contribution in [3.63, 3.8) is 0 Å². The van der Waals surface area contributed by atoms with Gasteiger partial charge in [0.05, 0.1) is 5.41 Å². The smallest absolute Gasteiger partial charge is 0.317 e. The lowest BCUT2D eigenvalue weighted by Crippen LogP contribution is -2.46. The van der Waals surface area contributed by atoms with Gasteiger partial charge < -0.3 is 15.3 Å². The predicted octanol–water partition coefficient (Wildman–Crippen LogP) is 2.32. The molecule has 0 spiro atoms. The highest BCUT2D eigenvalue weighted by molar-refractivity contribution is 5.79. The summed E-state index contributed by atoms with van der Waals surface area (Å²) < 4.78 is 0. The molecule has 0 radical (unpaired) electrons. The van der Waals surface area contributed by atoms with Gasteiger partial charge in [0, 0.05) is 19.1 Å². The molecule has 2 atom stereocenters. The van der Waals surface area contributed by atoms with Crippen molar-refractivity contribution in [2.45, 2.75) is 53.0 Å². The number of carbonyl (C=O) groups excluding carboxylic acids is 1. The van der Waals surface area contributed by atoms with E-state index in [1.165, 1.54) is 0 Å². The minimum absolute atomic E-state index is 0.128. The Hall–Kier alpha value is -1.26. The lowest BCUT2D eigenvalue weighted by atomic mass is 9.84. The first-order chi connectivity index (χ1) is 8.86. The third-order valence-electron chi connectivity index (χ3n) is 4.32. The molecule has 2 N–H and O–H groups in total. The Labute approximate surface area is 115 Å². The van der Waals surface area contributed by atoms with Crippen molar-refractivity contribution in [2.75, 3.05) is 13.1 Å². The van der Waals surface area contributed by atoms with Crippen LogP contribution in [0.5, 0.6) is 0 Å². The molecule has 1 aliphatic rings. The van der Waals surface area contributed by atoms with Gasteiger partial charge in [0.2, 0.25) is 0 Å². The highest BCUT2D eigenvalue weighted by Gasteiger charge is 2.44. The van der Waals surface area contributed by atoms with E-state index in [4.69, 9.17) is 0 Å². The highest BCUT2D eigenvalue weighted by Crippen LogP contribution is 2.34. The summed E-state index contributed by atoms with van der Waals surface area (Å²) in [6.07, 6.45) is 1.99. The molecule has 5 nitrogen and oxygen atoms in total. The van der Waals surface area contributed by atoms with Crippen LogP contribution in [-0.4, -0.2) is 41.1 Å². The minimum atomic E-state index is -0.791. The second-order valence-electron chi connectivity index (χ2n) is 5.82. The lowest BCUT2D eigenvalue weighted by molar-refractivity contribution is -0.148. The fourth-order valence-electron chi connectivity index (χ4n) is 2.65. The second kappa shape index (κ2) is 6.26. The van der Waals surface area contributed by atoms with E-state index in [9.17, 15) is 14.7 Å². The van der Waals surface area contributed by atoms with Crippen LogP contribution >= 0.6 is 0 Å². The van der Waals surface area contributed by atoms with Gasteiger partial charge in [-0.2, -0.15) is 0 Å².